The molecule has 1 N–H and O–H groups in total. The molecule has 25 heavy (non-hydrogen) atoms. The summed E-state index contributed by atoms with van der Waals surface area (Å²) in [5.41, 5.74) is 2.58. The van der Waals surface area contributed by atoms with Crippen LogP contribution in [0.4, 0.5) is 0 Å². The number of ether oxygens (including phenoxy) is 1. The van der Waals surface area contributed by atoms with Crippen LogP contribution in [0.25, 0.3) is 10.9 Å². The number of aromatic nitrogens is 2. The molecule has 1 amide bonds. The van der Waals surface area contributed by atoms with Gasteiger partial charge in [-0.15, -0.1) is 0 Å². The normalized spacial score (nSPS) is 15.1. The minimum atomic E-state index is -0.00496. The molecule has 1 aliphatic carbocycles. The number of methoxy groups -OCH3 is 1. The Kier molecular flexibility index (Phi) is 3.92. The van der Waals surface area contributed by atoms with Gasteiger partial charge < -0.3 is 14.6 Å². The summed E-state index contributed by atoms with van der Waals surface area (Å²) in [4.78, 5) is 22.6. The van der Waals surface area contributed by atoms with E-state index < -0.39 is 0 Å². The molecule has 0 spiro atoms. The number of rotatable bonds is 5. The Hall–Kier alpha value is -2.82. The standard InChI is InChI=1S/C20H21N3O2/c1-13(15-4-3-9-21-12-15)23(16-6-7-16)20(24)19-10-14-5-8-17(25-2)11-18(14)22-19/h3-5,8-13,16,22H,6-7H2,1-2H3/t13-/m0/s1. The van der Waals surface area contributed by atoms with E-state index in [-0.39, 0.29) is 11.9 Å². The first-order valence-corrected chi connectivity index (χ1v) is 8.56. The second kappa shape index (κ2) is 6.24. The summed E-state index contributed by atoms with van der Waals surface area (Å²) in [6.45, 7) is 2.07. The number of fused-ring (bicyclic) bond motifs is 1. The Morgan fingerprint density at radius 1 is 1.32 bits per heavy atom. The zero-order chi connectivity index (χ0) is 17.4. The summed E-state index contributed by atoms with van der Waals surface area (Å²) in [7, 11) is 1.64. The van der Waals surface area contributed by atoms with Crippen LogP contribution < -0.4 is 4.74 Å². The van der Waals surface area contributed by atoms with Crippen molar-refractivity contribution >= 4 is 16.8 Å². The quantitative estimate of drug-likeness (QED) is 0.768. The Labute approximate surface area is 146 Å². The number of pyridine rings is 1. The van der Waals surface area contributed by atoms with Crippen LogP contribution in [0.5, 0.6) is 5.75 Å². The summed E-state index contributed by atoms with van der Waals surface area (Å²) < 4.78 is 5.26. The predicted molar refractivity (Wildman–Crippen MR) is 96.7 cm³/mol. The van der Waals surface area contributed by atoms with Crippen LogP contribution in [0.3, 0.4) is 0 Å². The fourth-order valence-electron chi connectivity index (χ4n) is 3.28. The van der Waals surface area contributed by atoms with Gasteiger partial charge in [0.15, 0.2) is 0 Å². The van der Waals surface area contributed by atoms with Crippen molar-refractivity contribution in [1.82, 2.24) is 14.9 Å². The first-order chi connectivity index (χ1) is 12.2. The number of nitrogens with zero attached hydrogens (tertiary/aromatic N) is 2. The van der Waals surface area contributed by atoms with Crippen LogP contribution in [0.1, 0.15) is 41.9 Å². The molecule has 0 unspecified atom stereocenters. The molecule has 2 aromatic heterocycles. The maximum atomic E-state index is 13.2. The SMILES string of the molecule is COc1ccc2cc(C(=O)N(C3CC3)[C@@H](C)c3cccnc3)[nH]c2c1. The highest BCUT2D eigenvalue weighted by molar-refractivity contribution is 5.98. The molecule has 5 heteroatoms. The summed E-state index contributed by atoms with van der Waals surface area (Å²) in [6.07, 6.45) is 5.71. The van der Waals surface area contributed by atoms with Crippen molar-refractivity contribution in [2.45, 2.75) is 31.8 Å². The van der Waals surface area contributed by atoms with Crippen LogP contribution in [-0.4, -0.2) is 33.9 Å². The van der Waals surface area contributed by atoms with E-state index in [2.05, 4.69) is 16.9 Å². The van der Waals surface area contributed by atoms with Gasteiger partial charge in [-0.2, -0.15) is 0 Å². The van der Waals surface area contributed by atoms with E-state index in [1.807, 2.05) is 47.5 Å². The molecule has 128 valence electrons. The van der Waals surface area contributed by atoms with Gasteiger partial charge in [0.1, 0.15) is 11.4 Å². The first kappa shape index (κ1) is 15.7. The van der Waals surface area contributed by atoms with Crippen molar-refractivity contribution in [2.24, 2.45) is 0 Å². The number of hydrogen-bond acceptors (Lipinski definition) is 3. The molecule has 1 atom stereocenters. The number of aromatic amines is 1. The smallest absolute Gasteiger partial charge is 0.271 e. The Morgan fingerprint density at radius 3 is 2.84 bits per heavy atom. The van der Waals surface area contributed by atoms with Gasteiger partial charge in [-0.05, 0) is 49.6 Å². The largest absolute Gasteiger partial charge is 0.497 e. The molecular weight excluding hydrogens is 314 g/mol. The van der Waals surface area contributed by atoms with Crippen molar-refractivity contribution in [3.05, 3.63) is 60.0 Å². The van der Waals surface area contributed by atoms with Gasteiger partial charge in [0.25, 0.3) is 5.91 Å². The zero-order valence-corrected chi connectivity index (χ0v) is 14.4. The van der Waals surface area contributed by atoms with Crippen molar-refractivity contribution in [3.8, 4) is 5.75 Å². The van der Waals surface area contributed by atoms with Crippen molar-refractivity contribution in [2.75, 3.05) is 7.11 Å². The fraction of sp³-hybridized carbons (Fsp3) is 0.300. The third-order valence-corrected chi connectivity index (χ3v) is 4.82. The minimum absolute atomic E-state index is 0.00496. The van der Waals surface area contributed by atoms with Gasteiger partial charge in [0.05, 0.1) is 13.2 Å². The van der Waals surface area contributed by atoms with Gasteiger partial charge in [0.2, 0.25) is 0 Å². The van der Waals surface area contributed by atoms with Crippen LogP contribution in [0.15, 0.2) is 48.8 Å². The lowest BCUT2D eigenvalue weighted by atomic mass is 10.1. The number of amides is 1. The Balaban J connectivity index is 1.67. The van der Waals surface area contributed by atoms with Gasteiger partial charge in [-0.1, -0.05) is 6.07 Å². The van der Waals surface area contributed by atoms with E-state index >= 15 is 0 Å². The molecule has 0 bridgehead atoms. The number of benzene rings is 1. The van der Waals surface area contributed by atoms with Crippen molar-refractivity contribution in [3.63, 3.8) is 0 Å². The van der Waals surface area contributed by atoms with Gasteiger partial charge >= 0.3 is 0 Å². The molecule has 0 saturated heterocycles. The lowest BCUT2D eigenvalue weighted by Gasteiger charge is -2.29. The number of carbonyl (C=O) groups excluding carboxylic acids is 1. The molecule has 2 heterocycles. The van der Waals surface area contributed by atoms with E-state index in [1.165, 1.54) is 0 Å². The second-order valence-corrected chi connectivity index (χ2v) is 6.54. The molecule has 0 aliphatic heterocycles. The highest BCUT2D eigenvalue weighted by atomic mass is 16.5. The van der Waals surface area contributed by atoms with Crippen LogP contribution in [0, 0.1) is 0 Å². The van der Waals surface area contributed by atoms with E-state index in [0.29, 0.717) is 11.7 Å². The fourth-order valence-corrected chi connectivity index (χ4v) is 3.28. The molecule has 0 radical (unpaired) electrons. The Morgan fingerprint density at radius 2 is 2.16 bits per heavy atom. The lowest BCUT2D eigenvalue weighted by Crippen LogP contribution is -2.35. The van der Waals surface area contributed by atoms with Crippen LogP contribution in [0.2, 0.25) is 0 Å². The third-order valence-electron chi connectivity index (χ3n) is 4.82. The van der Waals surface area contributed by atoms with E-state index in [9.17, 15) is 4.79 Å². The molecular formula is C20H21N3O2. The third kappa shape index (κ3) is 2.97. The average molecular weight is 335 g/mol. The summed E-state index contributed by atoms with van der Waals surface area (Å²) in [5, 5.41) is 1.01. The monoisotopic (exact) mass is 335 g/mol. The number of nitrogens with one attached hydrogen (secondary N) is 1. The topological polar surface area (TPSA) is 58.2 Å². The first-order valence-electron chi connectivity index (χ1n) is 8.56. The molecule has 5 nitrogen and oxygen atoms in total. The van der Waals surface area contributed by atoms with Crippen LogP contribution >= 0.6 is 0 Å². The Bertz CT molecular complexity index is 900. The van der Waals surface area contributed by atoms with Gasteiger partial charge in [0, 0.05) is 35.4 Å². The highest BCUT2D eigenvalue weighted by Crippen LogP contribution is 2.35. The highest BCUT2D eigenvalue weighted by Gasteiger charge is 2.37. The van der Waals surface area contributed by atoms with Gasteiger partial charge in [-0.3, -0.25) is 9.78 Å². The summed E-state index contributed by atoms with van der Waals surface area (Å²) >= 11 is 0. The summed E-state index contributed by atoms with van der Waals surface area (Å²) in [5.74, 6) is 0.810. The maximum absolute atomic E-state index is 13.2. The molecule has 4 rings (SSSR count). The van der Waals surface area contributed by atoms with Gasteiger partial charge in [-0.25, -0.2) is 0 Å². The molecule has 1 saturated carbocycles. The van der Waals surface area contributed by atoms with Crippen molar-refractivity contribution < 1.29 is 9.53 Å². The zero-order valence-electron chi connectivity index (χ0n) is 14.4. The molecule has 1 fully saturated rings. The maximum Gasteiger partial charge on any atom is 0.271 e. The minimum Gasteiger partial charge on any atom is -0.497 e. The van der Waals surface area contributed by atoms with Crippen LogP contribution in [-0.2, 0) is 0 Å². The summed E-state index contributed by atoms with van der Waals surface area (Å²) in [6, 6.07) is 11.9. The van der Waals surface area contributed by atoms with E-state index in [4.69, 9.17) is 4.74 Å². The molecule has 1 aliphatic rings. The van der Waals surface area contributed by atoms with E-state index in [1.54, 1.807) is 13.3 Å². The average Bonchev–Trinajstić information content (AvgIpc) is 3.39. The van der Waals surface area contributed by atoms with E-state index in [0.717, 1.165) is 35.1 Å². The predicted octanol–water partition coefficient (Wildman–Crippen LogP) is 3.94. The lowest BCUT2D eigenvalue weighted by molar-refractivity contribution is 0.0668. The molecule has 1 aromatic carbocycles. The van der Waals surface area contributed by atoms with Crippen molar-refractivity contribution in [1.29, 1.82) is 0 Å². The number of hydrogen-bond donors (Lipinski definition) is 1. The second-order valence-electron chi connectivity index (χ2n) is 6.54. The number of H-pyrrole nitrogens is 1. The number of carbonyl (C=O) groups is 1. The molecule has 3 aromatic rings.